The summed E-state index contributed by atoms with van der Waals surface area (Å²) < 4.78 is 7.14. The molecule has 0 aliphatic rings. The van der Waals surface area contributed by atoms with Crippen molar-refractivity contribution in [3.05, 3.63) is 20.8 Å². The first kappa shape index (κ1) is 16.2. The van der Waals surface area contributed by atoms with Crippen molar-refractivity contribution < 1.29 is 4.74 Å². The summed E-state index contributed by atoms with van der Waals surface area (Å²) in [5.41, 5.74) is 0. The number of thiophene rings is 1. The lowest BCUT2D eigenvalue weighted by Gasteiger charge is -2.27. The second-order valence-corrected chi connectivity index (χ2v) is 6.20. The molecule has 0 aromatic carbocycles. The zero-order valence-electron chi connectivity index (χ0n) is 11.5. The molecule has 2 atom stereocenters. The highest BCUT2D eigenvalue weighted by Crippen LogP contribution is 2.25. The van der Waals surface area contributed by atoms with Gasteiger partial charge in [0.2, 0.25) is 0 Å². The minimum absolute atomic E-state index is 0.314. The van der Waals surface area contributed by atoms with Crippen LogP contribution in [-0.4, -0.2) is 25.3 Å². The summed E-state index contributed by atoms with van der Waals surface area (Å²) in [7, 11) is 0. The first-order chi connectivity index (χ1) is 8.72. The monoisotopic (exact) mass is 333 g/mol. The summed E-state index contributed by atoms with van der Waals surface area (Å²) in [4.78, 5) is 1.40. The van der Waals surface area contributed by atoms with Crippen molar-refractivity contribution in [2.75, 3.05) is 13.2 Å². The van der Waals surface area contributed by atoms with Crippen LogP contribution in [0.5, 0.6) is 0 Å². The number of ether oxygens (including phenoxy) is 1. The van der Waals surface area contributed by atoms with Gasteiger partial charge < -0.3 is 10.1 Å². The molecule has 1 rings (SSSR count). The number of hydrogen-bond donors (Lipinski definition) is 1. The zero-order chi connectivity index (χ0) is 13.4. The highest BCUT2D eigenvalue weighted by molar-refractivity contribution is 9.10. The van der Waals surface area contributed by atoms with Crippen LogP contribution in [0.4, 0.5) is 0 Å². The fraction of sp³-hybridized carbons (Fsp3) is 0.714. The van der Waals surface area contributed by atoms with E-state index in [1.54, 1.807) is 0 Å². The van der Waals surface area contributed by atoms with Gasteiger partial charge >= 0.3 is 0 Å². The van der Waals surface area contributed by atoms with E-state index in [1.807, 2.05) is 11.3 Å². The van der Waals surface area contributed by atoms with Gasteiger partial charge in [-0.1, -0.05) is 20.3 Å². The van der Waals surface area contributed by atoms with E-state index >= 15 is 0 Å². The average Bonchev–Trinajstić information content (AvgIpc) is 2.74. The second-order valence-electron chi connectivity index (χ2n) is 4.34. The Kier molecular flexibility index (Phi) is 8.15. The van der Waals surface area contributed by atoms with E-state index in [1.165, 1.54) is 9.35 Å². The van der Waals surface area contributed by atoms with Crippen LogP contribution in [0.3, 0.4) is 0 Å². The predicted molar refractivity (Wildman–Crippen MR) is 83.5 cm³/mol. The summed E-state index contributed by atoms with van der Waals surface area (Å²) in [5.74, 6) is 0. The third-order valence-corrected chi connectivity index (χ3v) is 4.91. The largest absolute Gasteiger partial charge is 0.377 e. The van der Waals surface area contributed by atoms with E-state index in [0.717, 1.165) is 32.4 Å². The first-order valence-corrected chi connectivity index (χ1v) is 8.46. The van der Waals surface area contributed by atoms with Crippen LogP contribution < -0.4 is 5.32 Å². The molecular weight excluding hydrogens is 310 g/mol. The molecule has 4 heteroatoms. The van der Waals surface area contributed by atoms with E-state index in [4.69, 9.17) is 4.74 Å². The molecule has 0 radical (unpaired) electrons. The number of halogens is 1. The zero-order valence-corrected chi connectivity index (χ0v) is 13.9. The molecule has 1 N–H and O–H groups in total. The van der Waals surface area contributed by atoms with Gasteiger partial charge in [0.25, 0.3) is 0 Å². The van der Waals surface area contributed by atoms with Crippen molar-refractivity contribution in [1.82, 2.24) is 5.32 Å². The minimum Gasteiger partial charge on any atom is -0.377 e. The van der Waals surface area contributed by atoms with Gasteiger partial charge in [0.1, 0.15) is 0 Å². The predicted octanol–water partition coefficient (Wildman–Crippen LogP) is 4.24. The third-order valence-electron chi connectivity index (χ3n) is 2.97. The van der Waals surface area contributed by atoms with Crippen LogP contribution in [0.2, 0.25) is 0 Å². The summed E-state index contributed by atoms with van der Waals surface area (Å²) in [6.07, 6.45) is 3.64. The number of hydrogen-bond acceptors (Lipinski definition) is 3. The van der Waals surface area contributed by atoms with Crippen molar-refractivity contribution in [1.29, 1.82) is 0 Å². The summed E-state index contributed by atoms with van der Waals surface area (Å²) in [5, 5.41) is 5.72. The molecule has 0 spiro atoms. The average molecular weight is 334 g/mol. The van der Waals surface area contributed by atoms with Gasteiger partial charge in [-0.3, -0.25) is 0 Å². The fourth-order valence-electron chi connectivity index (χ4n) is 2.17. The lowest BCUT2D eigenvalue weighted by Crippen LogP contribution is -2.43. The van der Waals surface area contributed by atoms with E-state index < -0.39 is 0 Å². The fourth-order valence-corrected chi connectivity index (χ4v) is 3.74. The number of likely N-dealkylation sites (N-methyl/N-ethyl adjacent to an activating group) is 1. The van der Waals surface area contributed by atoms with Gasteiger partial charge in [-0.25, -0.2) is 0 Å². The van der Waals surface area contributed by atoms with Crippen molar-refractivity contribution in [3.8, 4) is 0 Å². The van der Waals surface area contributed by atoms with Gasteiger partial charge in [-0.2, -0.15) is 0 Å². The smallest absolute Gasteiger partial charge is 0.0731 e. The van der Waals surface area contributed by atoms with E-state index in [2.05, 4.69) is 53.5 Å². The third kappa shape index (κ3) is 5.00. The maximum atomic E-state index is 5.91. The maximum absolute atomic E-state index is 5.91. The molecule has 0 saturated carbocycles. The van der Waals surface area contributed by atoms with Crippen LogP contribution in [0.15, 0.2) is 15.9 Å². The van der Waals surface area contributed by atoms with Crippen molar-refractivity contribution in [2.45, 2.75) is 52.2 Å². The Morgan fingerprint density at radius 2 is 2.17 bits per heavy atom. The molecule has 0 saturated heterocycles. The molecule has 1 aromatic rings. The lowest BCUT2D eigenvalue weighted by molar-refractivity contribution is 0.0287. The lowest BCUT2D eigenvalue weighted by atomic mass is 10.0. The minimum atomic E-state index is 0.314. The Bertz CT molecular complexity index is 323. The molecule has 2 unspecified atom stereocenters. The Hall–Kier alpha value is 0.1000. The molecule has 2 nitrogen and oxygen atoms in total. The second kappa shape index (κ2) is 9.08. The van der Waals surface area contributed by atoms with Crippen molar-refractivity contribution >= 4 is 27.3 Å². The number of rotatable bonds is 9. The standard InChI is InChI=1S/C14H24BrNOS/c1-4-7-13(17-6-3)12(16-5-2)10-14-11(15)8-9-18-14/h8-9,12-13,16H,4-7,10H2,1-3H3. The Balaban J connectivity index is 2.69. The summed E-state index contributed by atoms with van der Waals surface area (Å²) in [6.45, 7) is 8.23. The van der Waals surface area contributed by atoms with Crippen LogP contribution in [0, 0.1) is 0 Å². The molecular formula is C14H24BrNOS. The molecule has 0 bridgehead atoms. The van der Waals surface area contributed by atoms with Crippen LogP contribution in [-0.2, 0) is 11.2 Å². The van der Waals surface area contributed by atoms with Crippen LogP contribution in [0.1, 0.15) is 38.5 Å². The molecule has 1 aromatic heterocycles. The number of nitrogens with one attached hydrogen (secondary N) is 1. The van der Waals surface area contributed by atoms with E-state index in [9.17, 15) is 0 Å². The Morgan fingerprint density at radius 3 is 2.67 bits per heavy atom. The van der Waals surface area contributed by atoms with Crippen molar-refractivity contribution in [2.24, 2.45) is 0 Å². The molecule has 0 aliphatic carbocycles. The van der Waals surface area contributed by atoms with Crippen LogP contribution in [0.25, 0.3) is 0 Å². The highest BCUT2D eigenvalue weighted by atomic mass is 79.9. The molecule has 0 aliphatic heterocycles. The van der Waals surface area contributed by atoms with Gasteiger partial charge in [-0.15, -0.1) is 11.3 Å². The Morgan fingerprint density at radius 1 is 1.39 bits per heavy atom. The van der Waals surface area contributed by atoms with Crippen molar-refractivity contribution in [3.63, 3.8) is 0 Å². The quantitative estimate of drug-likeness (QED) is 0.729. The van der Waals surface area contributed by atoms with Gasteiger partial charge in [0.05, 0.1) is 6.10 Å². The van der Waals surface area contributed by atoms with Crippen LogP contribution >= 0.6 is 27.3 Å². The normalized spacial score (nSPS) is 14.7. The van der Waals surface area contributed by atoms with Gasteiger partial charge in [0, 0.05) is 28.4 Å². The summed E-state index contributed by atoms with van der Waals surface area (Å²) >= 11 is 5.43. The summed E-state index contributed by atoms with van der Waals surface area (Å²) in [6, 6.07) is 2.53. The molecule has 0 amide bonds. The molecule has 104 valence electrons. The van der Waals surface area contributed by atoms with Gasteiger partial charge in [0.15, 0.2) is 0 Å². The van der Waals surface area contributed by atoms with E-state index in [0.29, 0.717) is 12.1 Å². The van der Waals surface area contributed by atoms with E-state index in [-0.39, 0.29) is 0 Å². The molecule has 0 fully saturated rings. The Labute approximate surface area is 123 Å². The van der Waals surface area contributed by atoms with Gasteiger partial charge in [-0.05, 0) is 47.3 Å². The SMILES string of the molecule is CCCC(OCC)C(Cc1sccc1Br)NCC. The molecule has 18 heavy (non-hydrogen) atoms. The molecule has 1 heterocycles. The maximum Gasteiger partial charge on any atom is 0.0731 e. The highest BCUT2D eigenvalue weighted by Gasteiger charge is 2.22. The first-order valence-electron chi connectivity index (χ1n) is 6.79. The topological polar surface area (TPSA) is 21.3 Å².